The van der Waals surface area contributed by atoms with Gasteiger partial charge in [0, 0.05) is 24.2 Å². The molecule has 0 aliphatic heterocycles. The van der Waals surface area contributed by atoms with Crippen LogP contribution in [0.5, 0.6) is 17.2 Å². The largest absolute Gasteiger partial charge is 0.493 e. The first-order valence-corrected chi connectivity index (χ1v) is 10.4. The SMILES string of the molecule is CCN(C(=O)c1cc(OC)c(OC)c(OC)c1)C(C)c1nc2cc(Cl)ccc2c(=O)n1C. The normalized spacial score (nSPS) is 11.8. The number of benzene rings is 2. The van der Waals surface area contributed by atoms with E-state index >= 15 is 0 Å². The van der Waals surface area contributed by atoms with Gasteiger partial charge in [0.05, 0.1) is 38.3 Å². The fourth-order valence-electron chi connectivity index (χ4n) is 3.74. The van der Waals surface area contributed by atoms with Crippen molar-refractivity contribution in [3.8, 4) is 17.2 Å². The lowest BCUT2D eigenvalue weighted by Crippen LogP contribution is -2.37. The first kappa shape index (κ1) is 23.4. The van der Waals surface area contributed by atoms with Crippen molar-refractivity contribution in [1.29, 1.82) is 0 Å². The second-order valence-corrected chi connectivity index (χ2v) is 7.61. The van der Waals surface area contributed by atoms with E-state index < -0.39 is 6.04 Å². The first-order chi connectivity index (χ1) is 15.3. The predicted octanol–water partition coefficient (Wildman–Crippen LogP) is 3.84. The van der Waals surface area contributed by atoms with Gasteiger partial charge in [0.15, 0.2) is 11.5 Å². The molecule has 32 heavy (non-hydrogen) atoms. The van der Waals surface area contributed by atoms with Gasteiger partial charge in [-0.15, -0.1) is 0 Å². The van der Waals surface area contributed by atoms with Crippen LogP contribution in [0.25, 0.3) is 10.9 Å². The van der Waals surface area contributed by atoms with Crippen LogP contribution in [0.3, 0.4) is 0 Å². The second kappa shape index (κ2) is 9.48. The van der Waals surface area contributed by atoms with E-state index in [9.17, 15) is 9.59 Å². The molecule has 0 aliphatic rings. The number of fused-ring (bicyclic) bond motifs is 1. The van der Waals surface area contributed by atoms with Crippen LogP contribution in [0.15, 0.2) is 35.1 Å². The highest BCUT2D eigenvalue weighted by Crippen LogP contribution is 2.39. The number of rotatable bonds is 7. The number of carbonyl (C=O) groups is 1. The van der Waals surface area contributed by atoms with E-state index in [1.807, 2.05) is 13.8 Å². The average Bonchev–Trinajstić information content (AvgIpc) is 2.80. The lowest BCUT2D eigenvalue weighted by atomic mass is 10.1. The lowest BCUT2D eigenvalue weighted by Gasteiger charge is -2.29. The van der Waals surface area contributed by atoms with Crippen LogP contribution in [-0.4, -0.2) is 48.2 Å². The molecule has 0 bridgehead atoms. The highest BCUT2D eigenvalue weighted by atomic mass is 35.5. The van der Waals surface area contributed by atoms with Crippen LogP contribution in [-0.2, 0) is 7.05 Å². The van der Waals surface area contributed by atoms with E-state index in [1.54, 1.807) is 42.3 Å². The van der Waals surface area contributed by atoms with E-state index in [0.717, 1.165) is 0 Å². The summed E-state index contributed by atoms with van der Waals surface area (Å²) in [5, 5.41) is 0.949. The molecule has 0 spiro atoms. The fraction of sp³-hybridized carbons (Fsp3) is 0.348. The molecule has 8 nitrogen and oxygen atoms in total. The maximum Gasteiger partial charge on any atom is 0.261 e. The van der Waals surface area contributed by atoms with E-state index in [1.165, 1.54) is 25.9 Å². The highest BCUT2D eigenvalue weighted by Gasteiger charge is 2.27. The second-order valence-electron chi connectivity index (χ2n) is 7.18. The van der Waals surface area contributed by atoms with E-state index in [2.05, 4.69) is 4.98 Å². The Morgan fingerprint density at radius 1 is 1.12 bits per heavy atom. The third-order valence-corrected chi connectivity index (χ3v) is 5.66. The molecular formula is C23H26ClN3O5. The Balaban J connectivity index is 2.08. The minimum absolute atomic E-state index is 0.204. The molecule has 0 fully saturated rings. The molecule has 0 N–H and O–H groups in total. The zero-order valence-corrected chi connectivity index (χ0v) is 19.7. The van der Waals surface area contributed by atoms with Crippen molar-refractivity contribution in [3.05, 3.63) is 57.1 Å². The number of halogens is 1. The molecule has 3 rings (SSSR count). The van der Waals surface area contributed by atoms with Gasteiger partial charge in [-0.25, -0.2) is 4.98 Å². The molecule has 1 aromatic heterocycles. The Labute approximate surface area is 191 Å². The van der Waals surface area contributed by atoms with Crippen LogP contribution < -0.4 is 19.8 Å². The third kappa shape index (κ3) is 4.10. The molecule has 0 saturated heterocycles. The van der Waals surface area contributed by atoms with Crippen LogP contribution in [0.2, 0.25) is 5.02 Å². The number of methoxy groups -OCH3 is 3. The van der Waals surface area contributed by atoms with Gasteiger partial charge in [0.25, 0.3) is 11.5 Å². The van der Waals surface area contributed by atoms with Crippen LogP contribution in [0.4, 0.5) is 0 Å². The number of hydrogen-bond acceptors (Lipinski definition) is 6. The van der Waals surface area contributed by atoms with Crippen molar-refractivity contribution in [2.45, 2.75) is 19.9 Å². The maximum absolute atomic E-state index is 13.5. The molecule has 0 saturated carbocycles. The number of hydrogen-bond donors (Lipinski definition) is 0. The first-order valence-electron chi connectivity index (χ1n) is 10.0. The molecule has 2 aromatic carbocycles. The van der Waals surface area contributed by atoms with Crippen molar-refractivity contribution in [2.24, 2.45) is 7.05 Å². The van der Waals surface area contributed by atoms with Gasteiger partial charge in [0.1, 0.15) is 5.82 Å². The van der Waals surface area contributed by atoms with E-state index in [4.69, 9.17) is 25.8 Å². The summed E-state index contributed by atoms with van der Waals surface area (Å²) in [6.45, 7) is 4.08. The van der Waals surface area contributed by atoms with Crippen LogP contribution in [0.1, 0.15) is 36.1 Å². The van der Waals surface area contributed by atoms with Gasteiger partial charge in [-0.3, -0.25) is 14.2 Å². The number of ether oxygens (including phenoxy) is 3. The van der Waals surface area contributed by atoms with Crippen molar-refractivity contribution in [3.63, 3.8) is 0 Å². The van der Waals surface area contributed by atoms with Crippen molar-refractivity contribution in [2.75, 3.05) is 27.9 Å². The van der Waals surface area contributed by atoms with Crippen LogP contribution in [0, 0.1) is 0 Å². The predicted molar refractivity (Wildman–Crippen MR) is 123 cm³/mol. The number of carbonyl (C=O) groups excluding carboxylic acids is 1. The highest BCUT2D eigenvalue weighted by molar-refractivity contribution is 6.31. The van der Waals surface area contributed by atoms with Gasteiger partial charge in [-0.05, 0) is 44.2 Å². The Bertz CT molecular complexity index is 1200. The smallest absolute Gasteiger partial charge is 0.261 e. The Morgan fingerprint density at radius 3 is 2.28 bits per heavy atom. The summed E-state index contributed by atoms with van der Waals surface area (Å²) >= 11 is 6.10. The van der Waals surface area contributed by atoms with Crippen molar-refractivity contribution < 1.29 is 19.0 Å². The Morgan fingerprint density at radius 2 is 1.75 bits per heavy atom. The molecule has 1 unspecified atom stereocenters. The zero-order valence-electron chi connectivity index (χ0n) is 18.9. The lowest BCUT2D eigenvalue weighted by molar-refractivity contribution is 0.0691. The fourth-order valence-corrected chi connectivity index (χ4v) is 3.90. The Kier molecular flexibility index (Phi) is 6.93. The van der Waals surface area contributed by atoms with E-state index in [-0.39, 0.29) is 11.5 Å². The topological polar surface area (TPSA) is 82.9 Å². The quantitative estimate of drug-likeness (QED) is 0.534. The maximum atomic E-state index is 13.5. The summed E-state index contributed by atoms with van der Waals surface area (Å²) < 4.78 is 17.6. The van der Waals surface area contributed by atoms with Crippen molar-refractivity contribution in [1.82, 2.24) is 14.5 Å². The molecule has 1 atom stereocenters. The molecule has 1 heterocycles. The summed E-state index contributed by atoms with van der Waals surface area (Å²) in [6.07, 6.45) is 0. The minimum Gasteiger partial charge on any atom is -0.493 e. The molecule has 9 heteroatoms. The number of nitrogens with zero attached hydrogens (tertiary/aromatic N) is 3. The molecule has 3 aromatic rings. The van der Waals surface area contributed by atoms with Gasteiger partial charge in [-0.1, -0.05) is 11.6 Å². The summed E-state index contributed by atoms with van der Waals surface area (Å²) in [4.78, 5) is 32.6. The standard InChI is InChI=1S/C23H26ClN3O5/c1-7-27(22(28)14-10-18(30-4)20(32-6)19(11-14)31-5)13(2)21-25-17-12-15(24)8-9-16(17)23(29)26(21)3/h8-13H,7H2,1-6H3. The average molecular weight is 460 g/mol. The van der Waals surface area contributed by atoms with Gasteiger partial charge in [-0.2, -0.15) is 0 Å². The van der Waals surface area contributed by atoms with E-state index in [0.29, 0.717) is 51.1 Å². The number of aromatic nitrogens is 2. The number of amides is 1. The summed E-state index contributed by atoms with van der Waals surface area (Å²) in [5.74, 6) is 1.35. The Hall–Kier alpha value is -3.26. The van der Waals surface area contributed by atoms with Crippen LogP contribution >= 0.6 is 11.6 Å². The monoisotopic (exact) mass is 459 g/mol. The zero-order chi connectivity index (χ0) is 23.6. The molecule has 0 aliphatic carbocycles. The molecular weight excluding hydrogens is 434 g/mol. The van der Waals surface area contributed by atoms with Gasteiger partial charge < -0.3 is 19.1 Å². The summed E-state index contributed by atoms with van der Waals surface area (Å²) in [5.41, 5.74) is 0.644. The molecule has 1 amide bonds. The minimum atomic E-state index is -0.493. The molecule has 0 radical (unpaired) electrons. The van der Waals surface area contributed by atoms with Gasteiger partial charge in [0.2, 0.25) is 5.75 Å². The summed E-state index contributed by atoms with van der Waals surface area (Å²) in [7, 11) is 6.13. The van der Waals surface area contributed by atoms with Crippen molar-refractivity contribution >= 4 is 28.4 Å². The van der Waals surface area contributed by atoms with Gasteiger partial charge >= 0.3 is 0 Å². The molecule has 170 valence electrons. The summed E-state index contributed by atoms with van der Waals surface area (Å²) in [6, 6.07) is 7.67. The third-order valence-electron chi connectivity index (χ3n) is 5.43.